The molecule has 0 atom stereocenters. The van der Waals surface area contributed by atoms with Crippen molar-refractivity contribution in [3.63, 3.8) is 0 Å². The minimum absolute atomic E-state index is 0.321. The molecule has 0 saturated heterocycles. The Hall–Kier alpha value is -0.960. The van der Waals surface area contributed by atoms with Gasteiger partial charge in [0.05, 0.1) is 11.8 Å². The Morgan fingerprint density at radius 3 is 2.92 bits per heavy atom. The Balaban J connectivity index is 2.17. The molecule has 1 aromatic heterocycles. The predicted molar refractivity (Wildman–Crippen MR) is 42.1 cm³/mol. The Morgan fingerprint density at radius 2 is 2.33 bits per heavy atom. The van der Waals surface area contributed by atoms with E-state index < -0.39 is 5.60 Å². The van der Waals surface area contributed by atoms with Gasteiger partial charge in [0.1, 0.15) is 5.82 Å². The third kappa shape index (κ3) is 1.46. The van der Waals surface area contributed by atoms with Gasteiger partial charge in [-0.05, 0) is 24.5 Å². The van der Waals surface area contributed by atoms with Crippen molar-refractivity contribution in [1.29, 1.82) is 0 Å². The lowest BCUT2D eigenvalue weighted by Gasteiger charge is -2.06. The van der Waals surface area contributed by atoms with Crippen LogP contribution in [0.4, 0.5) is 4.39 Å². The number of pyridine rings is 1. The molecule has 1 saturated carbocycles. The molecule has 12 heavy (non-hydrogen) atoms. The lowest BCUT2D eigenvalue weighted by Crippen LogP contribution is -2.11. The molecule has 3 heteroatoms. The normalized spacial score (nSPS) is 19.2. The van der Waals surface area contributed by atoms with E-state index in [1.165, 1.54) is 6.20 Å². The van der Waals surface area contributed by atoms with Gasteiger partial charge in [0.25, 0.3) is 0 Å². The molecule has 1 heterocycles. The lowest BCUT2D eigenvalue weighted by molar-refractivity contribution is 0.149. The maximum absolute atomic E-state index is 13.0. The van der Waals surface area contributed by atoms with Crippen molar-refractivity contribution < 1.29 is 9.50 Å². The highest BCUT2D eigenvalue weighted by atomic mass is 19.1. The van der Waals surface area contributed by atoms with Crippen molar-refractivity contribution >= 4 is 0 Å². The first-order valence-electron chi connectivity index (χ1n) is 4.00. The predicted octanol–water partition coefficient (Wildman–Crippen LogP) is 1.29. The summed E-state index contributed by atoms with van der Waals surface area (Å²) in [5.74, 6) is -0.321. The Kier molecular flexibility index (Phi) is 1.61. The van der Waals surface area contributed by atoms with E-state index >= 15 is 0 Å². The van der Waals surface area contributed by atoms with E-state index in [0.29, 0.717) is 12.0 Å². The maximum atomic E-state index is 13.0. The highest BCUT2D eigenvalue weighted by molar-refractivity contribution is 5.17. The van der Waals surface area contributed by atoms with Crippen LogP contribution >= 0.6 is 0 Å². The highest BCUT2D eigenvalue weighted by Gasteiger charge is 2.40. The molecule has 1 aliphatic carbocycles. The second-order valence-electron chi connectivity index (χ2n) is 3.37. The van der Waals surface area contributed by atoms with E-state index in [1.54, 1.807) is 12.3 Å². The first-order chi connectivity index (χ1) is 5.70. The third-order valence-electron chi connectivity index (χ3n) is 2.20. The van der Waals surface area contributed by atoms with Crippen molar-refractivity contribution in [2.45, 2.75) is 24.9 Å². The van der Waals surface area contributed by atoms with E-state index in [-0.39, 0.29) is 5.82 Å². The van der Waals surface area contributed by atoms with E-state index in [0.717, 1.165) is 12.8 Å². The van der Waals surface area contributed by atoms with Gasteiger partial charge < -0.3 is 5.11 Å². The monoisotopic (exact) mass is 167 g/mol. The molecular weight excluding hydrogens is 157 g/mol. The zero-order valence-corrected chi connectivity index (χ0v) is 6.63. The van der Waals surface area contributed by atoms with Gasteiger partial charge in [0.15, 0.2) is 0 Å². The van der Waals surface area contributed by atoms with Crippen LogP contribution in [0.1, 0.15) is 18.4 Å². The topological polar surface area (TPSA) is 33.1 Å². The lowest BCUT2D eigenvalue weighted by atomic mass is 10.1. The molecule has 1 fully saturated rings. The quantitative estimate of drug-likeness (QED) is 0.720. The fraction of sp³-hybridized carbons (Fsp3) is 0.444. The van der Waals surface area contributed by atoms with Gasteiger partial charge in [-0.3, -0.25) is 4.98 Å². The molecule has 1 aliphatic rings. The molecular formula is C9H10FNO. The SMILES string of the molecule is OC1(Cc2ccncc2F)CC1. The van der Waals surface area contributed by atoms with E-state index in [2.05, 4.69) is 4.98 Å². The number of hydrogen-bond donors (Lipinski definition) is 1. The van der Waals surface area contributed by atoms with Crippen LogP contribution in [0, 0.1) is 5.82 Å². The van der Waals surface area contributed by atoms with Crippen molar-refractivity contribution in [2.24, 2.45) is 0 Å². The molecule has 0 amide bonds. The third-order valence-corrected chi connectivity index (χ3v) is 2.20. The van der Waals surface area contributed by atoms with Crippen LogP contribution in [0.2, 0.25) is 0 Å². The van der Waals surface area contributed by atoms with Crippen molar-refractivity contribution in [1.82, 2.24) is 4.98 Å². The number of halogens is 1. The molecule has 0 aliphatic heterocycles. The summed E-state index contributed by atoms with van der Waals surface area (Å²) in [7, 11) is 0. The van der Waals surface area contributed by atoms with Crippen LogP contribution in [0.3, 0.4) is 0 Å². The second kappa shape index (κ2) is 2.52. The summed E-state index contributed by atoms with van der Waals surface area (Å²) in [4.78, 5) is 3.64. The number of aromatic nitrogens is 1. The van der Waals surface area contributed by atoms with Crippen molar-refractivity contribution in [3.05, 3.63) is 29.8 Å². The van der Waals surface area contributed by atoms with Crippen LogP contribution in [0.15, 0.2) is 18.5 Å². The fourth-order valence-electron chi connectivity index (χ4n) is 1.22. The summed E-state index contributed by atoms with van der Waals surface area (Å²) < 4.78 is 13.0. The molecule has 2 nitrogen and oxygen atoms in total. The average molecular weight is 167 g/mol. The smallest absolute Gasteiger partial charge is 0.144 e. The molecule has 1 N–H and O–H groups in total. The summed E-state index contributed by atoms with van der Waals surface area (Å²) in [5, 5.41) is 9.52. The van der Waals surface area contributed by atoms with Crippen LogP contribution < -0.4 is 0 Å². The first kappa shape index (κ1) is 7.68. The zero-order chi connectivity index (χ0) is 8.60. The molecule has 64 valence electrons. The molecule has 0 bridgehead atoms. The average Bonchev–Trinajstić information content (AvgIpc) is 2.74. The van der Waals surface area contributed by atoms with Crippen LogP contribution in [0.25, 0.3) is 0 Å². The summed E-state index contributed by atoms with van der Waals surface area (Å²) in [6.45, 7) is 0. The minimum atomic E-state index is -0.623. The summed E-state index contributed by atoms with van der Waals surface area (Å²) in [6.07, 6.45) is 4.72. The van der Waals surface area contributed by atoms with Crippen LogP contribution in [0.5, 0.6) is 0 Å². The van der Waals surface area contributed by atoms with E-state index in [9.17, 15) is 9.50 Å². The van der Waals surface area contributed by atoms with Gasteiger partial charge >= 0.3 is 0 Å². The number of nitrogens with zero attached hydrogens (tertiary/aromatic N) is 1. The highest BCUT2D eigenvalue weighted by Crippen LogP contribution is 2.38. The Bertz CT molecular complexity index is 296. The molecule has 1 aromatic rings. The number of aliphatic hydroxyl groups is 1. The summed E-state index contributed by atoms with van der Waals surface area (Å²) in [5.41, 5.74) is -0.0626. The Labute approximate surface area is 70.1 Å². The van der Waals surface area contributed by atoms with E-state index in [1.807, 2.05) is 0 Å². The Morgan fingerprint density at radius 1 is 1.58 bits per heavy atom. The molecule has 0 aromatic carbocycles. The van der Waals surface area contributed by atoms with Gasteiger partial charge in [0.2, 0.25) is 0 Å². The zero-order valence-electron chi connectivity index (χ0n) is 6.63. The van der Waals surface area contributed by atoms with E-state index in [4.69, 9.17) is 0 Å². The van der Waals surface area contributed by atoms with Gasteiger partial charge in [-0.2, -0.15) is 0 Å². The van der Waals surface area contributed by atoms with Gasteiger partial charge in [-0.25, -0.2) is 4.39 Å². The van der Waals surface area contributed by atoms with Crippen LogP contribution in [-0.2, 0) is 6.42 Å². The molecule has 0 spiro atoms. The molecule has 0 unspecified atom stereocenters. The summed E-state index contributed by atoms with van der Waals surface area (Å²) >= 11 is 0. The maximum Gasteiger partial charge on any atom is 0.144 e. The van der Waals surface area contributed by atoms with Crippen molar-refractivity contribution in [3.8, 4) is 0 Å². The van der Waals surface area contributed by atoms with Gasteiger partial charge in [0, 0.05) is 12.6 Å². The largest absolute Gasteiger partial charge is 0.390 e. The number of hydrogen-bond acceptors (Lipinski definition) is 2. The number of rotatable bonds is 2. The molecule has 0 radical (unpaired) electrons. The fourth-order valence-corrected chi connectivity index (χ4v) is 1.22. The van der Waals surface area contributed by atoms with Gasteiger partial charge in [-0.1, -0.05) is 0 Å². The summed E-state index contributed by atoms with van der Waals surface area (Å²) in [6, 6.07) is 1.62. The second-order valence-corrected chi connectivity index (χ2v) is 3.37. The molecule has 2 rings (SSSR count). The van der Waals surface area contributed by atoms with Gasteiger partial charge in [-0.15, -0.1) is 0 Å². The first-order valence-corrected chi connectivity index (χ1v) is 4.00. The standard InChI is InChI=1S/C9H10FNO/c10-8-6-11-4-1-7(8)5-9(12)2-3-9/h1,4,6,12H,2-3,5H2. The van der Waals surface area contributed by atoms with Crippen LogP contribution in [-0.4, -0.2) is 15.7 Å². The van der Waals surface area contributed by atoms with Crippen molar-refractivity contribution in [2.75, 3.05) is 0 Å². The minimum Gasteiger partial charge on any atom is -0.390 e.